The third-order valence-corrected chi connectivity index (χ3v) is 10.7. The second-order valence-corrected chi connectivity index (χ2v) is 13.7. The summed E-state index contributed by atoms with van der Waals surface area (Å²) in [4.78, 5) is 22.7. The van der Waals surface area contributed by atoms with E-state index in [1.165, 1.54) is 11.6 Å². The normalized spacial score (nSPS) is 30.8. The number of amides is 1. The molecule has 5 nitrogen and oxygen atoms in total. The van der Waals surface area contributed by atoms with Gasteiger partial charge in [-0.3, -0.25) is 9.78 Å². The number of aromatic nitrogens is 1. The van der Waals surface area contributed by atoms with Gasteiger partial charge < -0.3 is 14.9 Å². The summed E-state index contributed by atoms with van der Waals surface area (Å²) in [5.74, 6) is 1.39. The molecule has 1 amide bonds. The molecule has 1 saturated heterocycles. The minimum Gasteiger partial charge on any atom is -0.386 e. The molecule has 5 atom stereocenters. The van der Waals surface area contributed by atoms with E-state index in [4.69, 9.17) is 0 Å². The molecule has 2 aromatic rings. The number of alkyl halides is 3. The number of aliphatic hydroxyl groups is 1. The molecule has 8 heteroatoms. The van der Waals surface area contributed by atoms with Gasteiger partial charge in [0.25, 0.3) is 0 Å². The predicted molar refractivity (Wildman–Crippen MR) is 151 cm³/mol. The van der Waals surface area contributed by atoms with Crippen LogP contribution in [-0.4, -0.2) is 51.5 Å². The highest BCUT2D eigenvalue weighted by molar-refractivity contribution is 5.84. The Kier molecular flexibility index (Phi) is 7.25. The maximum absolute atomic E-state index is 14.2. The van der Waals surface area contributed by atoms with Crippen molar-refractivity contribution in [3.8, 4) is 0 Å². The van der Waals surface area contributed by atoms with E-state index in [1.807, 2.05) is 30.9 Å². The summed E-state index contributed by atoms with van der Waals surface area (Å²) in [6, 6.07) is 9.94. The Morgan fingerprint density at radius 1 is 1.12 bits per heavy atom. The van der Waals surface area contributed by atoms with Crippen LogP contribution in [0.25, 0.3) is 0 Å². The van der Waals surface area contributed by atoms with Gasteiger partial charge in [-0.1, -0.05) is 37.6 Å². The number of carbonyl (C=O) groups is 1. The number of hydrogen-bond donors (Lipinski definition) is 1. The molecule has 6 rings (SSSR count). The lowest BCUT2D eigenvalue weighted by molar-refractivity contribution is -0.144. The van der Waals surface area contributed by atoms with Crippen molar-refractivity contribution in [3.05, 3.63) is 64.5 Å². The number of halogens is 3. The van der Waals surface area contributed by atoms with Gasteiger partial charge >= 0.3 is 6.18 Å². The summed E-state index contributed by atoms with van der Waals surface area (Å²) in [7, 11) is 0. The van der Waals surface area contributed by atoms with E-state index >= 15 is 0 Å². The molecule has 222 valence electrons. The van der Waals surface area contributed by atoms with Crippen molar-refractivity contribution in [3.63, 3.8) is 0 Å². The molecule has 2 aliphatic heterocycles. The van der Waals surface area contributed by atoms with Crippen LogP contribution in [0.1, 0.15) is 93.2 Å². The Balaban J connectivity index is 1.14. The summed E-state index contributed by atoms with van der Waals surface area (Å²) in [6.45, 7) is 8.69. The van der Waals surface area contributed by atoms with Crippen molar-refractivity contribution in [2.45, 2.75) is 96.0 Å². The van der Waals surface area contributed by atoms with Gasteiger partial charge in [-0.2, -0.15) is 13.2 Å². The maximum Gasteiger partial charge on any atom is 0.417 e. The van der Waals surface area contributed by atoms with Gasteiger partial charge in [0.15, 0.2) is 0 Å². The van der Waals surface area contributed by atoms with Gasteiger partial charge in [0, 0.05) is 44.0 Å². The highest BCUT2D eigenvalue weighted by atomic mass is 19.4. The molecule has 0 spiro atoms. The number of rotatable bonds is 4. The number of likely N-dealkylation sites (tertiary alicyclic amines) is 1. The molecule has 3 fully saturated rings. The molecule has 3 heterocycles. The topological polar surface area (TPSA) is 56.7 Å². The van der Waals surface area contributed by atoms with Crippen LogP contribution in [0.4, 0.5) is 13.2 Å². The van der Waals surface area contributed by atoms with Gasteiger partial charge in [-0.25, -0.2) is 0 Å². The maximum atomic E-state index is 14.2. The second-order valence-electron chi connectivity index (χ2n) is 13.7. The van der Waals surface area contributed by atoms with Crippen molar-refractivity contribution in [1.82, 2.24) is 14.8 Å². The SMILES string of the molecule is C[C@H]1CN([C@H]2C[C@H]3CCC[C@@]3(C(=O)N3CCc4ncc(C(F)(F)F)cc4C3)C2)CC[C@@H]1c1cccc(C(C)(C)O)c1. The minimum absolute atomic E-state index is 0.150. The second kappa shape index (κ2) is 10.4. The molecule has 41 heavy (non-hydrogen) atoms. The van der Waals surface area contributed by atoms with E-state index in [0.29, 0.717) is 48.0 Å². The highest BCUT2D eigenvalue weighted by Gasteiger charge is 2.57. The lowest BCUT2D eigenvalue weighted by atomic mass is 9.78. The Bertz CT molecular complexity index is 1310. The fourth-order valence-corrected chi connectivity index (χ4v) is 8.46. The van der Waals surface area contributed by atoms with Crippen LogP contribution in [0.5, 0.6) is 0 Å². The predicted octanol–water partition coefficient (Wildman–Crippen LogP) is 6.29. The molecule has 0 radical (unpaired) electrons. The van der Waals surface area contributed by atoms with Gasteiger partial charge in [-0.05, 0) is 93.0 Å². The zero-order valence-electron chi connectivity index (χ0n) is 24.4. The third kappa shape index (κ3) is 5.31. The molecule has 4 aliphatic rings. The van der Waals surface area contributed by atoms with Crippen LogP contribution < -0.4 is 0 Å². The van der Waals surface area contributed by atoms with E-state index in [1.54, 1.807) is 0 Å². The number of benzene rings is 1. The summed E-state index contributed by atoms with van der Waals surface area (Å²) in [5.41, 5.74) is 1.45. The van der Waals surface area contributed by atoms with Crippen LogP contribution in [0, 0.1) is 17.3 Å². The first-order valence-corrected chi connectivity index (χ1v) is 15.3. The Morgan fingerprint density at radius 2 is 1.93 bits per heavy atom. The molecule has 2 saturated carbocycles. The number of piperidine rings is 1. The molecule has 1 N–H and O–H groups in total. The van der Waals surface area contributed by atoms with Gasteiger partial charge in [0.1, 0.15) is 0 Å². The van der Waals surface area contributed by atoms with Crippen molar-refractivity contribution in [2.24, 2.45) is 17.3 Å². The zero-order valence-corrected chi connectivity index (χ0v) is 24.4. The fourth-order valence-electron chi connectivity index (χ4n) is 8.46. The van der Waals surface area contributed by atoms with Gasteiger partial charge in [-0.15, -0.1) is 0 Å². The van der Waals surface area contributed by atoms with Crippen molar-refractivity contribution >= 4 is 5.91 Å². The summed E-state index contributed by atoms with van der Waals surface area (Å²) in [6.07, 6.45) is 2.90. The lowest BCUT2D eigenvalue weighted by Gasteiger charge is -2.41. The number of nitrogens with zero attached hydrogens (tertiary/aromatic N) is 3. The standard InChI is InChI=1S/C33H42F3N3O2/c1-21-19-38(12-9-28(21)22-6-4-7-24(14-22)31(2,3)41)27-16-25-8-5-11-32(25,17-27)30(40)39-13-10-29-23(20-39)15-26(18-37-29)33(34,35)36/h4,6-7,14-15,18,21,25,27-28,41H,5,8-13,16-17,19-20H2,1-3H3/t21-,25+,27-,28-,32+/m0/s1. The van der Waals surface area contributed by atoms with Crippen LogP contribution in [0.2, 0.25) is 0 Å². The average Bonchev–Trinajstić information content (AvgIpc) is 3.50. The van der Waals surface area contributed by atoms with E-state index < -0.39 is 22.8 Å². The number of pyridine rings is 1. The first kappa shape index (κ1) is 28.7. The third-order valence-electron chi connectivity index (χ3n) is 10.7. The number of carbonyl (C=O) groups excluding carboxylic acids is 1. The molecule has 1 aromatic carbocycles. The van der Waals surface area contributed by atoms with Gasteiger partial charge in [0.2, 0.25) is 5.91 Å². The lowest BCUT2D eigenvalue weighted by Crippen LogP contribution is -2.48. The zero-order chi connectivity index (χ0) is 29.2. The highest BCUT2D eigenvalue weighted by Crippen LogP contribution is 2.57. The van der Waals surface area contributed by atoms with Crippen LogP contribution in [0.15, 0.2) is 36.5 Å². The first-order chi connectivity index (χ1) is 19.3. The summed E-state index contributed by atoms with van der Waals surface area (Å²) in [5, 5.41) is 10.5. The molecular weight excluding hydrogens is 527 g/mol. The quantitative estimate of drug-likeness (QED) is 0.471. The largest absolute Gasteiger partial charge is 0.417 e. The van der Waals surface area contributed by atoms with E-state index in [0.717, 1.165) is 63.4 Å². The van der Waals surface area contributed by atoms with E-state index in [9.17, 15) is 23.1 Å². The van der Waals surface area contributed by atoms with Crippen LogP contribution in [0.3, 0.4) is 0 Å². The molecule has 0 unspecified atom stereocenters. The number of hydrogen-bond acceptors (Lipinski definition) is 4. The molecular formula is C33H42F3N3O2. The van der Waals surface area contributed by atoms with E-state index in [-0.39, 0.29) is 12.5 Å². The van der Waals surface area contributed by atoms with Crippen molar-refractivity contribution < 1.29 is 23.1 Å². The van der Waals surface area contributed by atoms with Gasteiger partial charge in [0.05, 0.1) is 16.6 Å². The minimum atomic E-state index is -4.44. The smallest absolute Gasteiger partial charge is 0.386 e. The monoisotopic (exact) mass is 569 g/mol. The Morgan fingerprint density at radius 3 is 2.66 bits per heavy atom. The average molecular weight is 570 g/mol. The van der Waals surface area contributed by atoms with E-state index in [2.05, 4.69) is 28.9 Å². The van der Waals surface area contributed by atoms with Crippen LogP contribution >= 0.6 is 0 Å². The Hall–Kier alpha value is -2.45. The summed E-state index contributed by atoms with van der Waals surface area (Å²) >= 11 is 0. The molecule has 0 bridgehead atoms. The first-order valence-electron chi connectivity index (χ1n) is 15.3. The fraction of sp³-hybridized carbons (Fsp3) is 0.636. The van der Waals surface area contributed by atoms with Crippen LogP contribution in [-0.2, 0) is 29.5 Å². The Labute approximate surface area is 241 Å². The van der Waals surface area contributed by atoms with Crippen molar-refractivity contribution in [2.75, 3.05) is 19.6 Å². The molecule has 1 aromatic heterocycles. The molecule has 2 aliphatic carbocycles. The van der Waals surface area contributed by atoms with Crippen molar-refractivity contribution in [1.29, 1.82) is 0 Å². The number of fused-ring (bicyclic) bond motifs is 2. The summed E-state index contributed by atoms with van der Waals surface area (Å²) < 4.78 is 40.0.